The summed E-state index contributed by atoms with van der Waals surface area (Å²) < 4.78 is 0. The van der Waals surface area contributed by atoms with Gasteiger partial charge in [0.05, 0.1) is 6.61 Å². The second-order valence-electron chi connectivity index (χ2n) is 2.52. The first-order valence-electron chi connectivity index (χ1n) is 3.90. The number of pyridine rings is 1. The summed E-state index contributed by atoms with van der Waals surface area (Å²) in [6.07, 6.45) is 6.35. The van der Waals surface area contributed by atoms with E-state index in [1.54, 1.807) is 12.4 Å². The van der Waals surface area contributed by atoms with Crippen molar-refractivity contribution in [1.29, 1.82) is 0 Å². The number of rotatable bonds is 4. The highest BCUT2D eigenvalue weighted by Crippen LogP contribution is 2.02. The first kappa shape index (κ1) is 8.21. The van der Waals surface area contributed by atoms with Crippen LogP contribution in [-0.4, -0.2) is 11.6 Å². The predicted molar refractivity (Wildman–Crippen MR) is 42.7 cm³/mol. The van der Waals surface area contributed by atoms with Crippen molar-refractivity contribution >= 4 is 0 Å². The summed E-state index contributed by atoms with van der Waals surface area (Å²) >= 11 is 0. The fourth-order valence-corrected chi connectivity index (χ4v) is 0.981. The minimum absolute atomic E-state index is 0.0467. The zero-order chi connectivity index (χ0) is 7.94. The van der Waals surface area contributed by atoms with Gasteiger partial charge in [-0.1, -0.05) is 0 Å². The Balaban J connectivity index is 2.28. The second kappa shape index (κ2) is 4.85. The van der Waals surface area contributed by atoms with E-state index in [2.05, 4.69) is 4.98 Å². The van der Waals surface area contributed by atoms with E-state index in [1.807, 2.05) is 12.1 Å². The minimum Gasteiger partial charge on any atom is -0.265 e. The molecule has 2 heteroatoms. The number of nitrogens with zero attached hydrogens (tertiary/aromatic N) is 1. The molecule has 1 aromatic rings. The maximum absolute atomic E-state index is 10.1. The zero-order valence-electron chi connectivity index (χ0n) is 6.49. The van der Waals surface area contributed by atoms with Gasteiger partial charge in [0.25, 0.3) is 0 Å². The van der Waals surface area contributed by atoms with Crippen molar-refractivity contribution in [1.82, 2.24) is 4.98 Å². The molecule has 0 aliphatic heterocycles. The van der Waals surface area contributed by atoms with Crippen molar-refractivity contribution in [3.63, 3.8) is 0 Å². The normalized spacial score (nSPS) is 9.91. The Morgan fingerprint density at radius 2 is 1.91 bits per heavy atom. The third-order valence-corrected chi connectivity index (χ3v) is 1.61. The molecule has 0 aliphatic rings. The van der Waals surface area contributed by atoms with Crippen LogP contribution in [0.2, 0.25) is 0 Å². The molecule has 0 spiro atoms. The van der Waals surface area contributed by atoms with Gasteiger partial charge in [-0.2, -0.15) is 0 Å². The highest BCUT2D eigenvalue weighted by molar-refractivity contribution is 5.09. The molecule has 0 amide bonds. The van der Waals surface area contributed by atoms with Gasteiger partial charge in [0.2, 0.25) is 0 Å². The van der Waals surface area contributed by atoms with Crippen LogP contribution in [0, 0.1) is 0 Å². The molecule has 1 radical (unpaired) electrons. The third-order valence-electron chi connectivity index (χ3n) is 1.61. The molecule has 2 nitrogen and oxygen atoms in total. The van der Waals surface area contributed by atoms with Gasteiger partial charge in [-0.05, 0) is 37.0 Å². The molecule has 0 saturated heterocycles. The van der Waals surface area contributed by atoms with Crippen LogP contribution in [-0.2, 0) is 11.5 Å². The first-order valence-corrected chi connectivity index (χ1v) is 3.90. The lowest BCUT2D eigenvalue weighted by Gasteiger charge is -1.97. The van der Waals surface area contributed by atoms with Crippen molar-refractivity contribution in [3.05, 3.63) is 30.1 Å². The first-order chi connectivity index (χ1) is 5.43. The van der Waals surface area contributed by atoms with Gasteiger partial charge < -0.3 is 0 Å². The molecule has 0 bridgehead atoms. The second-order valence-corrected chi connectivity index (χ2v) is 2.52. The average molecular weight is 150 g/mol. The Morgan fingerprint density at radius 1 is 1.18 bits per heavy atom. The Hall–Kier alpha value is -0.890. The van der Waals surface area contributed by atoms with E-state index in [0.717, 1.165) is 19.3 Å². The van der Waals surface area contributed by atoms with Crippen LogP contribution in [0.5, 0.6) is 0 Å². The molecule has 0 unspecified atom stereocenters. The molecule has 0 atom stereocenters. The highest BCUT2D eigenvalue weighted by Gasteiger charge is 1.90. The Bertz CT molecular complexity index is 186. The predicted octanol–water partition coefficient (Wildman–Crippen LogP) is 1.83. The topological polar surface area (TPSA) is 32.8 Å². The molecule has 0 aromatic carbocycles. The van der Waals surface area contributed by atoms with E-state index in [1.165, 1.54) is 5.56 Å². The summed E-state index contributed by atoms with van der Waals surface area (Å²) in [5.74, 6) is 0. The van der Waals surface area contributed by atoms with E-state index in [0.29, 0.717) is 0 Å². The summed E-state index contributed by atoms with van der Waals surface area (Å²) in [7, 11) is 0. The number of hydrogen-bond acceptors (Lipinski definition) is 1. The molecular weight excluding hydrogens is 138 g/mol. The van der Waals surface area contributed by atoms with Gasteiger partial charge in [-0.25, -0.2) is 5.11 Å². The van der Waals surface area contributed by atoms with E-state index in [4.69, 9.17) is 0 Å². The number of aryl methyl sites for hydroxylation is 1. The van der Waals surface area contributed by atoms with Gasteiger partial charge in [0, 0.05) is 12.4 Å². The molecule has 1 heterocycles. The largest absolute Gasteiger partial charge is 0.265 e. The van der Waals surface area contributed by atoms with Crippen molar-refractivity contribution in [3.8, 4) is 0 Å². The molecular formula is C9H12NO. The van der Waals surface area contributed by atoms with Crippen molar-refractivity contribution < 1.29 is 5.11 Å². The van der Waals surface area contributed by atoms with Crippen LogP contribution >= 0.6 is 0 Å². The summed E-state index contributed by atoms with van der Waals surface area (Å²) in [4.78, 5) is 3.91. The Morgan fingerprint density at radius 3 is 2.55 bits per heavy atom. The van der Waals surface area contributed by atoms with Crippen LogP contribution in [0.15, 0.2) is 24.5 Å². The molecule has 0 fully saturated rings. The standard InChI is InChI=1S/C9H12NO/c11-8-2-1-3-9-4-6-10-7-5-9/h4-7H,1-3,8H2. The maximum Gasteiger partial charge on any atom is 0.0822 e. The van der Waals surface area contributed by atoms with E-state index < -0.39 is 0 Å². The lowest BCUT2D eigenvalue weighted by molar-refractivity contribution is 0.187. The molecule has 1 rings (SSSR count). The highest BCUT2D eigenvalue weighted by atomic mass is 16.2. The number of hydrogen-bond donors (Lipinski definition) is 0. The fraction of sp³-hybridized carbons (Fsp3) is 0.444. The minimum atomic E-state index is 0.0467. The van der Waals surface area contributed by atoms with Gasteiger partial charge in [-0.3, -0.25) is 4.98 Å². The van der Waals surface area contributed by atoms with Crippen molar-refractivity contribution in [2.24, 2.45) is 0 Å². The zero-order valence-corrected chi connectivity index (χ0v) is 6.49. The summed E-state index contributed by atoms with van der Waals surface area (Å²) in [6.45, 7) is 0.0467. The van der Waals surface area contributed by atoms with E-state index in [9.17, 15) is 5.11 Å². The molecule has 0 saturated carbocycles. The van der Waals surface area contributed by atoms with Crippen LogP contribution in [0.4, 0.5) is 0 Å². The summed E-state index contributed by atoms with van der Waals surface area (Å²) in [5, 5.41) is 10.1. The van der Waals surface area contributed by atoms with Gasteiger partial charge >= 0.3 is 0 Å². The average Bonchev–Trinajstić information content (AvgIpc) is 2.07. The Kier molecular flexibility index (Phi) is 3.62. The molecule has 0 aliphatic carbocycles. The van der Waals surface area contributed by atoms with Crippen LogP contribution in [0.1, 0.15) is 18.4 Å². The summed E-state index contributed by atoms with van der Waals surface area (Å²) in [6, 6.07) is 3.98. The van der Waals surface area contributed by atoms with Crippen molar-refractivity contribution in [2.45, 2.75) is 19.3 Å². The van der Waals surface area contributed by atoms with Gasteiger partial charge in [0.1, 0.15) is 0 Å². The monoisotopic (exact) mass is 150 g/mol. The van der Waals surface area contributed by atoms with Crippen LogP contribution < -0.4 is 0 Å². The lowest BCUT2D eigenvalue weighted by Crippen LogP contribution is -1.87. The van der Waals surface area contributed by atoms with Crippen LogP contribution in [0.3, 0.4) is 0 Å². The van der Waals surface area contributed by atoms with Gasteiger partial charge in [0.15, 0.2) is 0 Å². The lowest BCUT2D eigenvalue weighted by atomic mass is 10.1. The molecule has 59 valence electrons. The molecule has 11 heavy (non-hydrogen) atoms. The quantitative estimate of drug-likeness (QED) is 0.603. The Labute approximate surface area is 66.9 Å². The number of unbranched alkanes of at least 4 members (excludes halogenated alkanes) is 1. The summed E-state index contributed by atoms with van der Waals surface area (Å²) in [5.41, 5.74) is 1.27. The number of aromatic nitrogens is 1. The van der Waals surface area contributed by atoms with Crippen molar-refractivity contribution in [2.75, 3.05) is 6.61 Å². The fourth-order valence-electron chi connectivity index (χ4n) is 0.981. The van der Waals surface area contributed by atoms with Crippen LogP contribution in [0.25, 0.3) is 0 Å². The third kappa shape index (κ3) is 3.14. The van der Waals surface area contributed by atoms with E-state index in [-0.39, 0.29) is 6.61 Å². The molecule has 0 N–H and O–H groups in total. The van der Waals surface area contributed by atoms with Gasteiger partial charge in [-0.15, -0.1) is 0 Å². The maximum atomic E-state index is 10.1. The smallest absolute Gasteiger partial charge is 0.0822 e. The molecule has 1 aromatic heterocycles. The van der Waals surface area contributed by atoms with E-state index >= 15 is 0 Å². The SMILES string of the molecule is [O]CCCCc1ccncc1.